The number of hydrogen-bond donors (Lipinski definition) is 2. The second-order valence-corrected chi connectivity index (χ2v) is 6.27. The van der Waals surface area contributed by atoms with Gasteiger partial charge in [-0.3, -0.25) is 9.59 Å². The maximum Gasteiger partial charge on any atom is 0.224 e. The molecule has 0 fully saturated rings. The van der Waals surface area contributed by atoms with E-state index in [1.54, 1.807) is 36.2 Å². The molecule has 0 unspecified atom stereocenters. The molecule has 0 saturated heterocycles. The number of ether oxygens (including phenoxy) is 1. The number of nitrogens with zero attached hydrogens (tertiary/aromatic N) is 2. The molecule has 3 rings (SSSR count). The second kappa shape index (κ2) is 8.85. The van der Waals surface area contributed by atoms with Crippen LogP contribution in [0.3, 0.4) is 0 Å². The van der Waals surface area contributed by atoms with Crippen molar-refractivity contribution in [1.82, 2.24) is 9.78 Å². The van der Waals surface area contributed by atoms with Crippen LogP contribution < -0.4 is 15.4 Å². The van der Waals surface area contributed by atoms with Crippen molar-refractivity contribution in [2.45, 2.75) is 19.8 Å². The standard InChI is InChI=1S/C21H22N4O3/c1-15(26)23-19-10-9-18(28-2)12-20(19)24-21(27)11-8-16-13-22-25(14-16)17-6-4-3-5-7-17/h3-7,9-10,12-14H,8,11H2,1-2H3,(H,23,26)(H,24,27). The van der Waals surface area contributed by atoms with E-state index in [-0.39, 0.29) is 18.2 Å². The minimum atomic E-state index is -0.214. The molecular formula is C21H22N4O3. The van der Waals surface area contributed by atoms with E-state index in [0.717, 1.165) is 11.3 Å². The van der Waals surface area contributed by atoms with E-state index in [1.807, 2.05) is 36.5 Å². The minimum absolute atomic E-state index is 0.160. The molecule has 2 amide bonds. The van der Waals surface area contributed by atoms with E-state index in [4.69, 9.17) is 4.74 Å². The molecule has 0 radical (unpaired) electrons. The Kier molecular flexibility index (Phi) is 6.06. The van der Waals surface area contributed by atoms with E-state index >= 15 is 0 Å². The van der Waals surface area contributed by atoms with E-state index in [2.05, 4.69) is 15.7 Å². The summed E-state index contributed by atoms with van der Waals surface area (Å²) in [6.45, 7) is 1.42. The number of carbonyl (C=O) groups excluding carboxylic acids is 2. The van der Waals surface area contributed by atoms with Gasteiger partial charge in [-0.1, -0.05) is 18.2 Å². The van der Waals surface area contributed by atoms with Gasteiger partial charge in [-0.05, 0) is 36.2 Å². The molecular weight excluding hydrogens is 356 g/mol. The average molecular weight is 378 g/mol. The maximum absolute atomic E-state index is 12.4. The number of rotatable bonds is 7. The molecule has 2 aromatic carbocycles. The lowest BCUT2D eigenvalue weighted by Crippen LogP contribution is -2.15. The number of benzene rings is 2. The molecule has 0 saturated carbocycles. The number of anilines is 2. The molecule has 3 aromatic rings. The highest BCUT2D eigenvalue weighted by atomic mass is 16.5. The third-order valence-electron chi connectivity index (χ3n) is 4.11. The molecule has 0 aliphatic carbocycles. The highest BCUT2D eigenvalue weighted by Crippen LogP contribution is 2.27. The molecule has 7 nitrogen and oxygen atoms in total. The second-order valence-electron chi connectivity index (χ2n) is 6.27. The van der Waals surface area contributed by atoms with Crippen LogP contribution in [0.1, 0.15) is 18.9 Å². The Bertz CT molecular complexity index is 967. The number of methoxy groups -OCH3 is 1. The van der Waals surface area contributed by atoms with Gasteiger partial charge in [-0.25, -0.2) is 4.68 Å². The average Bonchev–Trinajstić information content (AvgIpc) is 3.17. The summed E-state index contributed by atoms with van der Waals surface area (Å²) < 4.78 is 6.98. The van der Waals surface area contributed by atoms with Crippen molar-refractivity contribution in [2.24, 2.45) is 0 Å². The van der Waals surface area contributed by atoms with Gasteiger partial charge in [0.1, 0.15) is 5.75 Å². The fraction of sp³-hybridized carbons (Fsp3) is 0.190. The van der Waals surface area contributed by atoms with Crippen molar-refractivity contribution in [2.75, 3.05) is 17.7 Å². The SMILES string of the molecule is COc1ccc(NC(C)=O)c(NC(=O)CCc2cnn(-c3ccccc3)c2)c1. The van der Waals surface area contributed by atoms with Crippen molar-refractivity contribution in [3.05, 3.63) is 66.5 Å². The van der Waals surface area contributed by atoms with Crippen LogP contribution in [0.25, 0.3) is 5.69 Å². The third kappa shape index (κ3) is 4.97. The molecule has 2 N–H and O–H groups in total. The Morgan fingerprint density at radius 1 is 1.07 bits per heavy atom. The van der Waals surface area contributed by atoms with Crippen LogP contribution in [-0.2, 0) is 16.0 Å². The van der Waals surface area contributed by atoms with Gasteiger partial charge in [0.15, 0.2) is 0 Å². The van der Waals surface area contributed by atoms with Crippen LogP contribution in [0, 0.1) is 0 Å². The molecule has 1 heterocycles. The summed E-state index contributed by atoms with van der Waals surface area (Å²) in [5.74, 6) is 0.217. The topological polar surface area (TPSA) is 85.2 Å². The van der Waals surface area contributed by atoms with Crippen LogP contribution in [0.4, 0.5) is 11.4 Å². The number of amides is 2. The summed E-state index contributed by atoms with van der Waals surface area (Å²) in [6, 6.07) is 14.9. The quantitative estimate of drug-likeness (QED) is 0.660. The molecule has 1 aromatic heterocycles. The minimum Gasteiger partial charge on any atom is -0.497 e. The maximum atomic E-state index is 12.4. The Labute approximate surface area is 163 Å². The van der Waals surface area contributed by atoms with Crippen molar-refractivity contribution < 1.29 is 14.3 Å². The first-order valence-electron chi connectivity index (χ1n) is 8.89. The number of nitrogens with one attached hydrogen (secondary N) is 2. The fourth-order valence-corrected chi connectivity index (χ4v) is 2.73. The summed E-state index contributed by atoms with van der Waals surface area (Å²) in [5, 5.41) is 9.88. The van der Waals surface area contributed by atoms with Crippen LogP contribution in [0.2, 0.25) is 0 Å². The Balaban J connectivity index is 1.63. The number of carbonyl (C=O) groups is 2. The summed E-state index contributed by atoms with van der Waals surface area (Å²) in [4.78, 5) is 23.8. The summed E-state index contributed by atoms with van der Waals surface area (Å²) >= 11 is 0. The van der Waals surface area contributed by atoms with Crippen LogP contribution in [-0.4, -0.2) is 28.7 Å². The lowest BCUT2D eigenvalue weighted by Gasteiger charge is -2.13. The zero-order valence-corrected chi connectivity index (χ0v) is 15.8. The number of para-hydroxylation sites is 1. The van der Waals surface area contributed by atoms with Gasteiger partial charge in [-0.2, -0.15) is 5.10 Å². The normalized spacial score (nSPS) is 10.4. The van der Waals surface area contributed by atoms with Crippen LogP contribution in [0.15, 0.2) is 60.9 Å². The highest BCUT2D eigenvalue weighted by molar-refractivity contribution is 5.99. The zero-order chi connectivity index (χ0) is 19.9. The number of aromatic nitrogens is 2. The van der Waals surface area contributed by atoms with E-state index in [9.17, 15) is 9.59 Å². The molecule has 0 spiro atoms. The third-order valence-corrected chi connectivity index (χ3v) is 4.11. The van der Waals surface area contributed by atoms with Gasteiger partial charge in [0.05, 0.1) is 30.4 Å². The predicted molar refractivity (Wildman–Crippen MR) is 108 cm³/mol. The molecule has 7 heteroatoms. The molecule has 0 aliphatic heterocycles. The Hall–Kier alpha value is -3.61. The van der Waals surface area contributed by atoms with Crippen LogP contribution >= 0.6 is 0 Å². The van der Waals surface area contributed by atoms with Gasteiger partial charge in [0.2, 0.25) is 11.8 Å². The van der Waals surface area contributed by atoms with Gasteiger partial charge in [0.25, 0.3) is 0 Å². The van der Waals surface area contributed by atoms with Crippen molar-refractivity contribution >= 4 is 23.2 Å². The zero-order valence-electron chi connectivity index (χ0n) is 15.8. The van der Waals surface area contributed by atoms with Gasteiger partial charge in [-0.15, -0.1) is 0 Å². The number of hydrogen-bond acceptors (Lipinski definition) is 4. The monoisotopic (exact) mass is 378 g/mol. The lowest BCUT2D eigenvalue weighted by atomic mass is 10.2. The van der Waals surface area contributed by atoms with E-state index in [0.29, 0.717) is 23.5 Å². The van der Waals surface area contributed by atoms with Crippen molar-refractivity contribution in [3.63, 3.8) is 0 Å². The molecule has 28 heavy (non-hydrogen) atoms. The summed E-state index contributed by atoms with van der Waals surface area (Å²) in [5.41, 5.74) is 2.96. The highest BCUT2D eigenvalue weighted by Gasteiger charge is 2.11. The van der Waals surface area contributed by atoms with Gasteiger partial charge >= 0.3 is 0 Å². The van der Waals surface area contributed by atoms with Crippen molar-refractivity contribution in [1.29, 1.82) is 0 Å². The number of aryl methyl sites for hydroxylation is 1. The van der Waals surface area contributed by atoms with E-state index < -0.39 is 0 Å². The van der Waals surface area contributed by atoms with Gasteiger partial charge in [0, 0.05) is 25.6 Å². The van der Waals surface area contributed by atoms with Crippen molar-refractivity contribution in [3.8, 4) is 11.4 Å². The summed E-state index contributed by atoms with van der Waals surface area (Å²) in [7, 11) is 1.55. The van der Waals surface area contributed by atoms with Gasteiger partial charge < -0.3 is 15.4 Å². The largest absolute Gasteiger partial charge is 0.497 e. The Morgan fingerprint density at radius 3 is 2.57 bits per heavy atom. The first-order chi connectivity index (χ1) is 13.5. The molecule has 0 atom stereocenters. The first kappa shape index (κ1) is 19.2. The smallest absolute Gasteiger partial charge is 0.224 e. The first-order valence-corrected chi connectivity index (χ1v) is 8.89. The van der Waals surface area contributed by atoms with Crippen LogP contribution in [0.5, 0.6) is 5.75 Å². The summed E-state index contributed by atoms with van der Waals surface area (Å²) in [6.07, 6.45) is 4.51. The Morgan fingerprint density at radius 2 is 1.86 bits per heavy atom. The molecule has 144 valence electrons. The lowest BCUT2D eigenvalue weighted by molar-refractivity contribution is -0.116. The molecule has 0 bridgehead atoms. The van der Waals surface area contributed by atoms with E-state index in [1.165, 1.54) is 6.92 Å². The molecule has 0 aliphatic rings. The fourth-order valence-electron chi connectivity index (χ4n) is 2.73. The predicted octanol–water partition coefficient (Wildman–Crippen LogP) is 3.41.